The molecule has 5 aromatic rings. The number of hydrogen-bond donors (Lipinski definition) is 8. The van der Waals surface area contributed by atoms with Crippen LogP contribution in [0, 0.1) is 11.7 Å². The van der Waals surface area contributed by atoms with Gasteiger partial charge < -0.3 is 71.5 Å². The Labute approximate surface area is 460 Å². The van der Waals surface area contributed by atoms with Gasteiger partial charge in [0, 0.05) is 41.9 Å². The Hall–Kier alpha value is -8.43. The van der Waals surface area contributed by atoms with Crippen molar-refractivity contribution in [3.05, 3.63) is 102 Å². The molecule has 2 unspecified atom stereocenters. The summed E-state index contributed by atoms with van der Waals surface area (Å²) in [7, 11) is 0. The molecule has 26 heteroatoms. The third-order valence-electron chi connectivity index (χ3n) is 11.9. The number of nitrogens with one attached hydrogen (secondary N) is 6. The van der Waals surface area contributed by atoms with Crippen LogP contribution in [0.1, 0.15) is 44.5 Å². The third-order valence-corrected chi connectivity index (χ3v) is 11.9. The van der Waals surface area contributed by atoms with Gasteiger partial charge in [-0.2, -0.15) is 0 Å². The van der Waals surface area contributed by atoms with E-state index in [1.54, 1.807) is 50.2 Å². The number of aromatic amines is 1. The number of ether oxygens (including phenoxy) is 6. The Balaban J connectivity index is 0.874. The molecular formula is C54H67FN12O13. The molecule has 1 aliphatic heterocycles. The lowest BCUT2D eigenvalue weighted by Crippen LogP contribution is -2.54. The van der Waals surface area contributed by atoms with Crippen molar-refractivity contribution in [2.75, 3.05) is 84.4 Å². The molecule has 0 fully saturated rings. The van der Waals surface area contributed by atoms with E-state index in [0.717, 1.165) is 10.5 Å². The van der Waals surface area contributed by atoms with E-state index in [4.69, 9.17) is 39.9 Å². The van der Waals surface area contributed by atoms with Gasteiger partial charge in [0.15, 0.2) is 0 Å². The average Bonchev–Trinajstić information content (AvgIpc) is 4.05. The number of rotatable bonds is 34. The monoisotopic (exact) mass is 1110 g/mol. The van der Waals surface area contributed by atoms with Gasteiger partial charge in [0.05, 0.1) is 101 Å². The molecule has 8 amide bonds. The minimum absolute atomic E-state index is 0.0407. The average molecular weight is 1110 g/mol. The molecule has 0 saturated heterocycles. The van der Waals surface area contributed by atoms with Crippen molar-refractivity contribution in [1.29, 1.82) is 0 Å². The zero-order chi connectivity index (χ0) is 57.2. The molecule has 0 saturated carbocycles. The zero-order valence-electron chi connectivity index (χ0n) is 44.5. The number of primary amides is 1. The number of fused-ring (bicyclic) bond motifs is 1. The number of amides is 8. The molecule has 0 spiro atoms. The summed E-state index contributed by atoms with van der Waals surface area (Å²) >= 11 is 0. The number of hydrogen-bond acceptors (Lipinski definition) is 17. The summed E-state index contributed by atoms with van der Waals surface area (Å²) < 4.78 is 46.6. The van der Waals surface area contributed by atoms with Crippen molar-refractivity contribution < 1.29 is 66.4 Å². The first-order valence-electron chi connectivity index (χ1n) is 25.9. The normalized spacial score (nSPS) is 12.8. The van der Waals surface area contributed by atoms with E-state index in [0.29, 0.717) is 64.9 Å². The number of carbonyl (C=O) groups is 7. The SMILES string of the molecule is CC(C)C(NC(=O)CCOCCOCCOCCOCCN1C(=O)C=CC1=O)C(=O)NC(CCCNC(N)=O)C(=O)Nc1ccc(COC(=O)NCCOc2cnc3ccc(-c4[nH]c(CN)nc4-c4ccc(F)cc4)cc3n2)cc1. The molecule has 80 heavy (non-hydrogen) atoms. The molecule has 2 atom stereocenters. The molecule has 0 bridgehead atoms. The van der Waals surface area contributed by atoms with Crippen molar-refractivity contribution in [3.8, 4) is 28.4 Å². The van der Waals surface area contributed by atoms with E-state index in [1.165, 1.54) is 30.5 Å². The Morgan fingerprint density at radius 3 is 2.06 bits per heavy atom. The summed E-state index contributed by atoms with van der Waals surface area (Å²) in [6.45, 7) is 5.98. The topological polar surface area (TPSA) is 345 Å². The van der Waals surface area contributed by atoms with Gasteiger partial charge in [0.2, 0.25) is 23.6 Å². The van der Waals surface area contributed by atoms with E-state index in [9.17, 15) is 38.0 Å². The molecular weight excluding hydrogens is 1040 g/mol. The summed E-state index contributed by atoms with van der Waals surface area (Å²) in [5.41, 5.74) is 16.0. The first kappa shape index (κ1) is 60.8. The predicted octanol–water partition coefficient (Wildman–Crippen LogP) is 2.98. The highest BCUT2D eigenvalue weighted by molar-refractivity contribution is 6.12. The minimum atomic E-state index is -1.07. The van der Waals surface area contributed by atoms with Crippen molar-refractivity contribution in [1.82, 2.24) is 46.1 Å². The van der Waals surface area contributed by atoms with E-state index in [1.807, 2.05) is 18.2 Å². The van der Waals surface area contributed by atoms with Gasteiger partial charge in [0.25, 0.3) is 11.8 Å². The number of anilines is 1. The van der Waals surface area contributed by atoms with E-state index in [2.05, 4.69) is 46.5 Å². The highest BCUT2D eigenvalue weighted by Crippen LogP contribution is 2.32. The lowest BCUT2D eigenvalue weighted by Gasteiger charge is -2.25. The second kappa shape index (κ2) is 31.8. The van der Waals surface area contributed by atoms with Gasteiger partial charge in [-0.25, -0.2) is 28.9 Å². The van der Waals surface area contributed by atoms with Crippen LogP contribution in [0.2, 0.25) is 0 Å². The van der Waals surface area contributed by atoms with E-state index in [-0.39, 0.29) is 121 Å². The molecule has 6 rings (SSSR count). The van der Waals surface area contributed by atoms with Crippen molar-refractivity contribution in [3.63, 3.8) is 0 Å². The lowest BCUT2D eigenvalue weighted by molar-refractivity contribution is -0.137. The maximum atomic E-state index is 13.7. The van der Waals surface area contributed by atoms with Crippen LogP contribution in [0.5, 0.6) is 5.88 Å². The summed E-state index contributed by atoms with van der Waals surface area (Å²) in [4.78, 5) is 105. The summed E-state index contributed by atoms with van der Waals surface area (Å²) in [5, 5.41) is 13.3. The van der Waals surface area contributed by atoms with Gasteiger partial charge in [-0.1, -0.05) is 32.0 Å². The molecule has 10 N–H and O–H groups in total. The largest absolute Gasteiger partial charge is 0.475 e. The fraction of sp³-hybridized carbons (Fsp3) is 0.407. The third kappa shape index (κ3) is 19.8. The number of nitrogens with zero attached hydrogens (tertiary/aromatic N) is 4. The van der Waals surface area contributed by atoms with Crippen LogP contribution in [0.4, 0.5) is 19.7 Å². The second-order valence-electron chi connectivity index (χ2n) is 18.2. The number of halogens is 1. The van der Waals surface area contributed by atoms with Crippen LogP contribution in [0.15, 0.2) is 85.1 Å². The molecule has 0 aliphatic carbocycles. The summed E-state index contributed by atoms with van der Waals surface area (Å²) in [6, 6.07) is 15.2. The fourth-order valence-corrected chi connectivity index (χ4v) is 7.75. The van der Waals surface area contributed by atoms with Gasteiger partial charge in [-0.05, 0) is 72.9 Å². The molecule has 428 valence electrons. The Kier molecular flexibility index (Phi) is 24.2. The Morgan fingerprint density at radius 1 is 0.738 bits per heavy atom. The van der Waals surface area contributed by atoms with Gasteiger partial charge in [-0.15, -0.1) is 0 Å². The number of H-pyrrole nitrogens is 1. The van der Waals surface area contributed by atoms with E-state index < -0.39 is 41.9 Å². The van der Waals surface area contributed by atoms with Crippen LogP contribution >= 0.6 is 0 Å². The Morgan fingerprint density at radius 2 is 1.40 bits per heavy atom. The number of aromatic nitrogens is 4. The highest BCUT2D eigenvalue weighted by atomic mass is 19.1. The number of carbonyl (C=O) groups excluding carboxylic acids is 7. The zero-order valence-corrected chi connectivity index (χ0v) is 44.5. The van der Waals surface area contributed by atoms with Crippen LogP contribution in [0.3, 0.4) is 0 Å². The maximum Gasteiger partial charge on any atom is 0.407 e. The Bertz CT molecular complexity index is 2890. The van der Waals surface area contributed by atoms with Crippen LogP contribution in [-0.4, -0.2) is 158 Å². The van der Waals surface area contributed by atoms with Crippen molar-refractivity contribution in [2.24, 2.45) is 17.4 Å². The molecule has 1 aliphatic rings. The maximum absolute atomic E-state index is 13.7. The number of nitrogens with two attached hydrogens (primary N) is 2. The van der Waals surface area contributed by atoms with Gasteiger partial charge in [-0.3, -0.25) is 28.9 Å². The lowest BCUT2D eigenvalue weighted by atomic mass is 10.0. The van der Waals surface area contributed by atoms with Gasteiger partial charge >= 0.3 is 12.1 Å². The molecule has 3 heterocycles. The number of urea groups is 1. The minimum Gasteiger partial charge on any atom is -0.475 e. The number of benzene rings is 3. The molecule has 3 aromatic carbocycles. The smallest absolute Gasteiger partial charge is 0.407 e. The predicted molar refractivity (Wildman–Crippen MR) is 288 cm³/mol. The van der Waals surface area contributed by atoms with Crippen LogP contribution < -0.4 is 42.8 Å². The molecule has 0 radical (unpaired) electrons. The highest BCUT2D eigenvalue weighted by Gasteiger charge is 2.29. The first-order chi connectivity index (χ1) is 38.7. The second-order valence-corrected chi connectivity index (χ2v) is 18.2. The van der Waals surface area contributed by atoms with E-state index >= 15 is 0 Å². The number of alkyl carbamates (subject to hydrolysis) is 1. The first-order valence-corrected chi connectivity index (χ1v) is 25.9. The fourth-order valence-electron chi connectivity index (χ4n) is 7.75. The quantitative estimate of drug-likeness (QED) is 0.0217. The number of imide groups is 1. The standard InChI is InChI=1S/C54H67FN12O13/c1-34(2)48(66-44(68)17-21-75-24-26-77-28-29-78-27-25-76-23-20-67-46(69)15-16-47(67)70)52(72)63-41(4-3-18-58-53(57)73)51(71)61-39-12-5-35(6-13-39)33-80-54(74)59-19-22-79-45-32-60-40-14-9-37(30-42(40)62-45)50-49(64-43(31-56)65-50)36-7-10-38(55)11-8-36/h5-16,30,32,34,41,48H,3-4,17-29,31,33,56H2,1-2H3,(H,59,74)(H,61,71)(H,63,72)(H,64,65)(H,66,68)(H3,57,58,73). The van der Waals surface area contributed by atoms with Crippen LogP contribution in [0.25, 0.3) is 33.5 Å². The van der Waals surface area contributed by atoms with Gasteiger partial charge in [0.1, 0.15) is 36.9 Å². The van der Waals surface area contributed by atoms with Crippen molar-refractivity contribution >= 4 is 58.4 Å². The summed E-state index contributed by atoms with van der Waals surface area (Å²) in [5.74, 6) is -2.23. The molecule has 25 nitrogen and oxygen atoms in total. The molecule has 2 aromatic heterocycles. The number of imidazole rings is 1. The summed E-state index contributed by atoms with van der Waals surface area (Å²) in [6.07, 6.45) is 3.57. The van der Waals surface area contributed by atoms with Crippen LogP contribution in [-0.2, 0) is 60.8 Å². The van der Waals surface area contributed by atoms with Crippen molar-refractivity contribution in [2.45, 2.75) is 58.3 Å².